The van der Waals surface area contributed by atoms with Crippen molar-refractivity contribution in [2.45, 2.75) is 32.0 Å². The zero-order valence-electron chi connectivity index (χ0n) is 11.1. The summed E-state index contributed by atoms with van der Waals surface area (Å²) in [6.45, 7) is 0.275. The van der Waals surface area contributed by atoms with E-state index in [4.69, 9.17) is 4.74 Å². The van der Waals surface area contributed by atoms with Crippen LogP contribution in [0.1, 0.15) is 35.6 Å². The molecule has 0 aliphatic heterocycles. The molecule has 1 aromatic carbocycles. The first-order valence-corrected chi connectivity index (χ1v) is 6.76. The minimum Gasteiger partial charge on any atom is -0.489 e. The zero-order chi connectivity index (χ0) is 13.9. The number of hydrogen-bond donors (Lipinski definition) is 1. The number of aliphatic hydroxyl groups is 1. The predicted octanol–water partition coefficient (Wildman–Crippen LogP) is 3.17. The summed E-state index contributed by atoms with van der Waals surface area (Å²) in [4.78, 5) is 3.80. The maximum absolute atomic E-state index is 13.1. The van der Waals surface area contributed by atoms with Crippen LogP contribution in [-0.2, 0) is 13.0 Å². The SMILES string of the molecule is OC1CCCc2c(OCc3cncc(F)c3)cccc21. The summed E-state index contributed by atoms with van der Waals surface area (Å²) in [7, 11) is 0. The van der Waals surface area contributed by atoms with E-state index in [0.717, 1.165) is 36.1 Å². The molecule has 3 nitrogen and oxygen atoms in total. The van der Waals surface area contributed by atoms with Gasteiger partial charge in [0.25, 0.3) is 0 Å². The molecule has 0 saturated heterocycles. The van der Waals surface area contributed by atoms with Crippen LogP contribution in [-0.4, -0.2) is 10.1 Å². The fourth-order valence-electron chi connectivity index (χ4n) is 2.62. The van der Waals surface area contributed by atoms with Gasteiger partial charge in [0, 0.05) is 11.8 Å². The molecule has 0 bridgehead atoms. The van der Waals surface area contributed by atoms with Crippen LogP contribution >= 0.6 is 0 Å². The number of aromatic nitrogens is 1. The number of benzene rings is 1. The first-order valence-electron chi connectivity index (χ1n) is 6.76. The molecule has 1 aliphatic rings. The standard InChI is InChI=1S/C16H16FNO2/c17-12-7-11(8-18-9-12)10-20-16-6-2-3-13-14(16)4-1-5-15(13)19/h2-3,6-9,15,19H,1,4-5,10H2. The molecule has 20 heavy (non-hydrogen) atoms. The largest absolute Gasteiger partial charge is 0.489 e. The van der Waals surface area contributed by atoms with Crippen molar-refractivity contribution in [1.82, 2.24) is 4.98 Å². The van der Waals surface area contributed by atoms with E-state index in [9.17, 15) is 9.50 Å². The number of fused-ring (bicyclic) bond motifs is 1. The third-order valence-corrected chi connectivity index (χ3v) is 3.59. The van der Waals surface area contributed by atoms with Gasteiger partial charge in [-0.3, -0.25) is 4.98 Å². The minimum absolute atomic E-state index is 0.275. The smallest absolute Gasteiger partial charge is 0.141 e. The number of hydrogen-bond acceptors (Lipinski definition) is 3. The zero-order valence-corrected chi connectivity index (χ0v) is 11.1. The van der Waals surface area contributed by atoms with Crippen molar-refractivity contribution in [2.75, 3.05) is 0 Å². The second-order valence-corrected chi connectivity index (χ2v) is 5.03. The second kappa shape index (κ2) is 5.59. The fraction of sp³-hybridized carbons (Fsp3) is 0.312. The molecule has 0 fully saturated rings. The molecule has 104 valence electrons. The molecule has 1 heterocycles. The van der Waals surface area contributed by atoms with Crippen LogP contribution in [0.3, 0.4) is 0 Å². The van der Waals surface area contributed by atoms with Gasteiger partial charge in [-0.2, -0.15) is 0 Å². The number of nitrogens with zero attached hydrogens (tertiary/aromatic N) is 1. The Hall–Kier alpha value is -1.94. The highest BCUT2D eigenvalue weighted by Crippen LogP contribution is 2.35. The summed E-state index contributed by atoms with van der Waals surface area (Å²) >= 11 is 0. The third-order valence-electron chi connectivity index (χ3n) is 3.59. The molecule has 3 rings (SSSR count). The van der Waals surface area contributed by atoms with Crippen LogP contribution in [0.25, 0.3) is 0 Å². The lowest BCUT2D eigenvalue weighted by Gasteiger charge is -2.23. The topological polar surface area (TPSA) is 42.4 Å². The van der Waals surface area contributed by atoms with Gasteiger partial charge in [0.15, 0.2) is 0 Å². The van der Waals surface area contributed by atoms with Crippen molar-refractivity contribution >= 4 is 0 Å². The van der Waals surface area contributed by atoms with Gasteiger partial charge in [-0.15, -0.1) is 0 Å². The highest BCUT2D eigenvalue weighted by atomic mass is 19.1. The van der Waals surface area contributed by atoms with Gasteiger partial charge in [-0.05, 0) is 42.5 Å². The lowest BCUT2D eigenvalue weighted by Crippen LogP contribution is -2.11. The molecule has 2 aromatic rings. The molecule has 0 radical (unpaired) electrons. The van der Waals surface area contributed by atoms with E-state index in [1.807, 2.05) is 18.2 Å². The Morgan fingerprint density at radius 3 is 3.10 bits per heavy atom. The predicted molar refractivity (Wildman–Crippen MR) is 72.9 cm³/mol. The van der Waals surface area contributed by atoms with Crippen molar-refractivity contribution in [1.29, 1.82) is 0 Å². The first kappa shape index (κ1) is 13.1. The Morgan fingerprint density at radius 2 is 2.25 bits per heavy atom. The lowest BCUT2D eigenvalue weighted by molar-refractivity contribution is 0.155. The van der Waals surface area contributed by atoms with E-state index in [2.05, 4.69) is 4.98 Å². The van der Waals surface area contributed by atoms with E-state index in [1.54, 1.807) is 6.20 Å². The van der Waals surface area contributed by atoms with Gasteiger partial charge in [0.1, 0.15) is 18.2 Å². The average molecular weight is 273 g/mol. The molecule has 0 amide bonds. The number of pyridine rings is 1. The number of aliphatic hydroxyl groups excluding tert-OH is 1. The van der Waals surface area contributed by atoms with Gasteiger partial charge < -0.3 is 9.84 Å². The monoisotopic (exact) mass is 273 g/mol. The summed E-state index contributed by atoms with van der Waals surface area (Å²) in [5.41, 5.74) is 2.71. The lowest BCUT2D eigenvalue weighted by atomic mass is 9.89. The van der Waals surface area contributed by atoms with Gasteiger partial charge in [0.2, 0.25) is 0 Å². The summed E-state index contributed by atoms with van der Waals surface area (Å²) in [6, 6.07) is 7.13. The van der Waals surface area contributed by atoms with Crippen LogP contribution in [0, 0.1) is 5.82 Å². The quantitative estimate of drug-likeness (QED) is 0.934. The molecular formula is C16H16FNO2. The molecule has 4 heteroatoms. The highest BCUT2D eigenvalue weighted by molar-refractivity contribution is 5.43. The van der Waals surface area contributed by atoms with Gasteiger partial charge in [-0.1, -0.05) is 12.1 Å². The van der Waals surface area contributed by atoms with Gasteiger partial charge in [-0.25, -0.2) is 4.39 Å². The normalized spacial score (nSPS) is 17.6. The van der Waals surface area contributed by atoms with Crippen LogP contribution in [0.2, 0.25) is 0 Å². The summed E-state index contributed by atoms with van der Waals surface area (Å²) in [5, 5.41) is 9.99. The Bertz CT molecular complexity index is 615. The van der Waals surface area contributed by atoms with Crippen LogP contribution in [0.5, 0.6) is 5.75 Å². The Balaban J connectivity index is 1.80. The van der Waals surface area contributed by atoms with Crippen molar-refractivity contribution < 1.29 is 14.2 Å². The Labute approximate surface area is 117 Å². The van der Waals surface area contributed by atoms with Gasteiger partial charge in [0.05, 0.1) is 12.3 Å². The van der Waals surface area contributed by atoms with E-state index in [1.165, 1.54) is 12.3 Å². The second-order valence-electron chi connectivity index (χ2n) is 5.03. The van der Waals surface area contributed by atoms with Crippen molar-refractivity contribution in [3.8, 4) is 5.75 Å². The highest BCUT2D eigenvalue weighted by Gasteiger charge is 2.20. The molecular weight excluding hydrogens is 257 g/mol. The first-order chi connectivity index (χ1) is 9.74. The molecule has 0 spiro atoms. The maximum atomic E-state index is 13.1. The summed E-state index contributed by atoms with van der Waals surface area (Å²) < 4.78 is 18.8. The van der Waals surface area contributed by atoms with Crippen molar-refractivity contribution in [3.63, 3.8) is 0 Å². The minimum atomic E-state index is -0.405. The van der Waals surface area contributed by atoms with Gasteiger partial charge >= 0.3 is 0 Å². The third kappa shape index (κ3) is 2.65. The van der Waals surface area contributed by atoms with Crippen LogP contribution in [0.4, 0.5) is 4.39 Å². The van der Waals surface area contributed by atoms with Crippen LogP contribution in [0.15, 0.2) is 36.7 Å². The van der Waals surface area contributed by atoms with E-state index in [0.29, 0.717) is 5.56 Å². The molecule has 1 aliphatic carbocycles. The number of ether oxygens (including phenoxy) is 1. The molecule has 1 atom stereocenters. The molecule has 0 saturated carbocycles. The average Bonchev–Trinajstić information content (AvgIpc) is 2.46. The molecule has 1 aromatic heterocycles. The maximum Gasteiger partial charge on any atom is 0.141 e. The van der Waals surface area contributed by atoms with Crippen molar-refractivity contribution in [2.24, 2.45) is 0 Å². The Kier molecular flexibility index (Phi) is 3.65. The molecule has 1 N–H and O–H groups in total. The van der Waals surface area contributed by atoms with E-state index >= 15 is 0 Å². The summed E-state index contributed by atoms with van der Waals surface area (Å²) in [6.07, 6.45) is 5.01. The van der Waals surface area contributed by atoms with Crippen LogP contribution < -0.4 is 4.74 Å². The molecule has 1 unspecified atom stereocenters. The van der Waals surface area contributed by atoms with Crippen molar-refractivity contribution in [3.05, 3.63) is 59.2 Å². The number of halogens is 1. The number of rotatable bonds is 3. The summed E-state index contributed by atoms with van der Waals surface area (Å²) in [5.74, 6) is 0.405. The van der Waals surface area contributed by atoms with E-state index < -0.39 is 6.10 Å². The fourth-order valence-corrected chi connectivity index (χ4v) is 2.62. The Morgan fingerprint density at radius 1 is 1.35 bits per heavy atom. The van der Waals surface area contributed by atoms with E-state index in [-0.39, 0.29) is 12.4 Å².